The summed E-state index contributed by atoms with van der Waals surface area (Å²) in [4.78, 5) is 21.0. The van der Waals surface area contributed by atoms with Crippen molar-refractivity contribution < 1.29 is 4.79 Å². The van der Waals surface area contributed by atoms with E-state index in [1.165, 1.54) is 11.3 Å². The average molecular weight is 527 g/mol. The zero-order chi connectivity index (χ0) is 21.4. The Hall–Kier alpha value is -2.17. The molecule has 1 atom stereocenters. The van der Waals surface area contributed by atoms with Crippen molar-refractivity contribution in [3.8, 4) is 0 Å². The first-order valence-electron chi connectivity index (χ1n) is 10.1. The number of nitrogens with one attached hydrogen (secondary N) is 3. The molecule has 3 N–H and O–H groups in total. The second-order valence-electron chi connectivity index (χ2n) is 7.25. The lowest BCUT2D eigenvalue weighted by molar-refractivity contribution is -0.116. The highest BCUT2D eigenvalue weighted by molar-refractivity contribution is 14.0. The molecule has 8 nitrogen and oxygen atoms in total. The molecule has 166 valence electrons. The number of carbonyl (C=O) groups is 1. The Morgan fingerprint density at radius 2 is 2.00 bits per heavy atom. The summed E-state index contributed by atoms with van der Waals surface area (Å²) < 4.78 is 1.92. The van der Waals surface area contributed by atoms with E-state index in [0.717, 1.165) is 24.4 Å². The monoisotopic (exact) mass is 527 g/mol. The third-order valence-corrected chi connectivity index (χ3v) is 4.66. The Balaban J connectivity index is 0.00000450. The SMILES string of the molecule is CCNC(=NCCC(=O)Nc1cccc(C)n1)NC(C)Cc1c(C)nn(C)c1C.I. The minimum absolute atomic E-state index is 0. The van der Waals surface area contributed by atoms with Crippen LogP contribution < -0.4 is 16.0 Å². The molecule has 9 heteroatoms. The molecule has 2 aromatic rings. The molecule has 2 heterocycles. The third kappa shape index (κ3) is 7.92. The number of rotatable bonds is 8. The topological polar surface area (TPSA) is 96.2 Å². The van der Waals surface area contributed by atoms with E-state index in [4.69, 9.17) is 0 Å². The molecular weight excluding hydrogens is 493 g/mol. The van der Waals surface area contributed by atoms with E-state index in [9.17, 15) is 4.79 Å². The van der Waals surface area contributed by atoms with Crippen LogP contribution in [0.1, 0.15) is 42.9 Å². The Morgan fingerprint density at radius 1 is 1.27 bits per heavy atom. The van der Waals surface area contributed by atoms with Crippen molar-refractivity contribution in [2.24, 2.45) is 12.0 Å². The minimum Gasteiger partial charge on any atom is -0.357 e. The van der Waals surface area contributed by atoms with E-state index < -0.39 is 0 Å². The van der Waals surface area contributed by atoms with E-state index in [1.54, 1.807) is 6.07 Å². The quantitative estimate of drug-likeness (QED) is 0.279. The Bertz CT molecular complexity index is 863. The van der Waals surface area contributed by atoms with Crippen LogP contribution in [0.3, 0.4) is 0 Å². The summed E-state index contributed by atoms with van der Waals surface area (Å²) in [5, 5.41) is 13.9. The molecule has 0 aromatic carbocycles. The smallest absolute Gasteiger partial charge is 0.227 e. The van der Waals surface area contributed by atoms with Crippen LogP contribution in [-0.2, 0) is 18.3 Å². The Labute approximate surface area is 196 Å². The predicted molar refractivity (Wildman–Crippen MR) is 133 cm³/mol. The second-order valence-corrected chi connectivity index (χ2v) is 7.25. The molecule has 2 rings (SSSR count). The first kappa shape index (κ1) is 25.9. The minimum atomic E-state index is -0.0997. The van der Waals surface area contributed by atoms with Gasteiger partial charge in [0.1, 0.15) is 5.82 Å². The van der Waals surface area contributed by atoms with Crippen LogP contribution in [0, 0.1) is 20.8 Å². The highest BCUT2D eigenvalue weighted by Crippen LogP contribution is 2.14. The van der Waals surface area contributed by atoms with Gasteiger partial charge in [0.05, 0.1) is 12.2 Å². The number of hydrogen-bond acceptors (Lipinski definition) is 4. The van der Waals surface area contributed by atoms with Crippen LogP contribution in [0.25, 0.3) is 0 Å². The fourth-order valence-corrected chi connectivity index (χ4v) is 3.11. The van der Waals surface area contributed by atoms with Gasteiger partial charge in [0.2, 0.25) is 5.91 Å². The number of aryl methyl sites for hydroxylation is 3. The zero-order valence-electron chi connectivity index (χ0n) is 18.7. The van der Waals surface area contributed by atoms with Crippen LogP contribution in [0.2, 0.25) is 0 Å². The summed E-state index contributed by atoms with van der Waals surface area (Å²) in [6, 6.07) is 5.73. The summed E-state index contributed by atoms with van der Waals surface area (Å²) in [7, 11) is 1.97. The lowest BCUT2D eigenvalue weighted by Gasteiger charge is -2.18. The maximum Gasteiger partial charge on any atom is 0.227 e. The van der Waals surface area contributed by atoms with Crippen LogP contribution in [-0.4, -0.2) is 45.8 Å². The van der Waals surface area contributed by atoms with Crippen molar-refractivity contribution in [2.45, 2.75) is 53.5 Å². The number of pyridine rings is 1. The largest absolute Gasteiger partial charge is 0.357 e. The van der Waals surface area contributed by atoms with Crippen LogP contribution in [0.4, 0.5) is 5.82 Å². The number of anilines is 1. The van der Waals surface area contributed by atoms with E-state index in [-0.39, 0.29) is 35.9 Å². The lowest BCUT2D eigenvalue weighted by atomic mass is 10.1. The van der Waals surface area contributed by atoms with E-state index >= 15 is 0 Å². The number of guanidine groups is 1. The van der Waals surface area contributed by atoms with Crippen LogP contribution in [0.5, 0.6) is 0 Å². The first-order chi connectivity index (χ1) is 13.8. The normalized spacial score (nSPS) is 12.1. The van der Waals surface area contributed by atoms with Gasteiger partial charge in [-0.2, -0.15) is 5.10 Å². The van der Waals surface area contributed by atoms with Gasteiger partial charge in [0, 0.05) is 37.4 Å². The number of hydrogen-bond donors (Lipinski definition) is 3. The van der Waals surface area contributed by atoms with Gasteiger partial charge in [0.25, 0.3) is 0 Å². The van der Waals surface area contributed by atoms with Crippen molar-refractivity contribution >= 4 is 41.7 Å². The fraction of sp³-hybridized carbons (Fsp3) is 0.524. The Kier molecular flexibility index (Phi) is 10.8. The van der Waals surface area contributed by atoms with Crippen molar-refractivity contribution in [1.82, 2.24) is 25.4 Å². The molecule has 0 bridgehead atoms. The third-order valence-electron chi connectivity index (χ3n) is 4.66. The van der Waals surface area contributed by atoms with Gasteiger partial charge in [-0.1, -0.05) is 6.07 Å². The van der Waals surface area contributed by atoms with Gasteiger partial charge in [-0.15, -0.1) is 24.0 Å². The van der Waals surface area contributed by atoms with Gasteiger partial charge < -0.3 is 16.0 Å². The summed E-state index contributed by atoms with van der Waals surface area (Å²) in [6.45, 7) is 11.3. The molecule has 0 aliphatic carbocycles. The predicted octanol–water partition coefficient (Wildman–Crippen LogP) is 2.87. The summed E-state index contributed by atoms with van der Waals surface area (Å²) in [6.07, 6.45) is 1.15. The molecule has 1 amide bonds. The second kappa shape index (κ2) is 12.5. The zero-order valence-corrected chi connectivity index (χ0v) is 21.1. The summed E-state index contributed by atoms with van der Waals surface area (Å²) >= 11 is 0. The van der Waals surface area contributed by atoms with E-state index in [1.807, 2.05) is 44.6 Å². The highest BCUT2D eigenvalue weighted by atomic mass is 127. The standard InChI is InChI=1S/C21H33N7O.HI/c1-7-22-21(25-15(3)13-18-16(4)27-28(6)17(18)5)23-12-11-20(29)26-19-10-8-9-14(2)24-19;/h8-10,15H,7,11-13H2,1-6H3,(H2,22,23,25)(H,24,26,29);1H. The molecule has 30 heavy (non-hydrogen) atoms. The number of aliphatic imine (C=N–C) groups is 1. The van der Waals surface area contributed by atoms with Gasteiger partial charge in [0.15, 0.2) is 5.96 Å². The lowest BCUT2D eigenvalue weighted by Crippen LogP contribution is -2.43. The van der Waals surface area contributed by atoms with Gasteiger partial charge in [-0.25, -0.2) is 4.98 Å². The van der Waals surface area contributed by atoms with Crippen LogP contribution >= 0.6 is 24.0 Å². The summed E-state index contributed by atoms with van der Waals surface area (Å²) in [5.74, 6) is 1.18. The molecule has 1 unspecified atom stereocenters. The molecule has 0 saturated heterocycles. The van der Waals surface area contributed by atoms with Crippen molar-refractivity contribution in [3.63, 3.8) is 0 Å². The highest BCUT2D eigenvalue weighted by Gasteiger charge is 2.14. The number of halogens is 1. The van der Waals surface area contributed by atoms with Gasteiger partial charge >= 0.3 is 0 Å². The molecular formula is C21H34IN7O. The number of carbonyl (C=O) groups excluding carboxylic acids is 1. The van der Waals surface area contributed by atoms with Crippen molar-refractivity contribution in [2.75, 3.05) is 18.4 Å². The fourth-order valence-electron chi connectivity index (χ4n) is 3.11. The maximum atomic E-state index is 12.1. The van der Waals surface area contributed by atoms with Crippen LogP contribution in [0.15, 0.2) is 23.2 Å². The molecule has 0 aliphatic rings. The molecule has 0 aliphatic heterocycles. The first-order valence-corrected chi connectivity index (χ1v) is 10.1. The van der Waals surface area contributed by atoms with E-state index in [0.29, 0.717) is 24.7 Å². The number of nitrogens with zero attached hydrogens (tertiary/aromatic N) is 4. The van der Waals surface area contributed by atoms with Crippen molar-refractivity contribution in [3.05, 3.63) is 40.8 Å². The molecule has 0 fully saturated rings. The average Bonchev–Trinajstić information content (AvgIpc) is 2.88. The molecule has 0 spiro atoms. The maximum absolute atomic E-state index is 12.1. The van der Waals surface area contributed by atoms with Gasteiger partial charge in [-0.05, 0) is 58.7 Å². The van der Waals surface area contributed by atoms with Crippen molar-refractivity contribution in [1.29, 1.82) is 0 Å². The number of amides is 1. The molecule has 0 radical (unpaired) electrons. The Morgan fingerprint density at radius 3 is 2.60 bits per heavy atom. The van der Waals surface area contributed by atoms with Gasteiger partial charge in [-0.3, -0.25) is 14.5 Å². The number of aromatic nitrogens is 3. The molecule has 2 aromatic heterocycles. The molecule has 0 saturated carbocycles. The summed E-state index contributed by atoms with van der Waals surface area (Å²) in [5.41, 5.74) is 4.36. The van der Waals surface area contributed by atoms with E-state index in [2.05, 4.69) is 44.9 Å².